The first kappa shape index (κ1) is 16.6. The molecule has 0 radical (unpaired) electrons. The van der Waals surface area contributed by atoms with Gasteiger partial charge in [0, 0.05) is 33.2 Å². The van der Waals surface area contributed by atoms with Crippen molar-refractivity contribution < 1.29 is 14.4 Å². The summed E-state index contributed by atoms with van der Waals surface area (Å²) < 4.78 is 8.40. The van der Waals surface area contributed by atoms with Crippen molar-refractivity contribution in [3.05, 3.63) is 76.6 Å². The summed E-state index contributed by atoms with van der Waals surface area (Å²) in [6.07, 6.45) is 1.85. The lowest BCUT2D eigenvalue weighted by Gasteiger charge is -2.02. The van der Waals surface area contributed by atoms with Crippen molar-refractivity contribution in [3.63, 3.8) is 0 Å². The van der Waals surface area contributed by atoms with Crippen LogP contribution >= 0.6 is 15.9 Å². The van der Waals surface area contributed by atoms with E-state index >= 15 is 0 Å². The number of halogens is 1. The van der Waals surface area contributed by atoms with Gasteiger partial charge in [0.2, 0.25) is 0 Å². The average Bonchev–Trinajstić information content (AvgIpc) is 3.21. The monoisotopic (exact) mass is 410 g/mol. The van der Waals surface area contributed by atoms with Gasteiger partial charge in [0.15, 0.2) is 5.76 Å². The van der Waals surface area contributed by atoms with Gasteiger partial charge >= 0.3 is 5.97 Å². The van der Waals surface area contributed by atoms with Gasteiger partial charge in [-0.15, -0.1) is 0 Å². The second-order valence-electron chi connectivity index (χ2n) is 6.06. The number of fused-ring (bicyclic) bond motifs is 1. The minimum atomic E-state index is -0.852. The maximum Gasteiger partial charge on any atom is 0.307 e. The first-order valence-corrected chi connectivity index (χ1v) is 8.89. The van der Waals surface area contributed by atoms with E-state index in [-0.39, 0.29) is 6.42 Å². The van der Waals surface area contributed by atoms with E-state index in [9.17, 15) is 9.90 Å². The molecule has 0 unspecified atom stereocenters. The lowest BCUT2D eigenvalue weighted by Crippen LogP contribution is -1.99. The molecule has 0 saturated carbocycles. The van der Waals surface area contributed by atoms with Crippen LogP contribution in [0.1, 0.15) is 11.3 Å². The van der Waals surface area contributed by atoms with Gasteiger partial charge in [-0.05, 0) is 23.8 Å². The minimum absolute atomic E-state index is 0.0222. The summed E-state index contributed by atoms with van der Waals surface area (Å²) in [5.74, 6) is -0.138. The number of carbonyl (C=O) groups is 1. The fraction of sp³-hybridized carbons (Fsp3) is 0.100. The van der Waals surface area contributed by atoms with Gasteiger partial charge in [0.05, 0.1) is 13.0 Å². The summed E-state index contributed by atoms with van der Waals surface area (Å²) in [5, 5.41) is 14.2. The largest absolute Gasteiger partial charge is 0.481 e. The van der Waals surface area contributed by atoms with E-state index in [0.29, 0.717) is 12.3 Å². The molecule has 0 atom stereocenters. The van der Waals surface area contributed by atoms with Gasteiger partial charge in [-0.1, -0.05) is 51.4 Å². The van der Waals surface area contributed by atoms with Crippen LogP contribution in [0.3, 0.4) is 0 Å². The van der Waals surface area contributed by atoms with E-state index in [1.54, 1.807) is 0 Å². The summed E-state index contributed by atoms with van der Waals surface area (Å²) in [7, 11) is 0. The van der Waals surface area contributed by atoms with Crippen LogP contribution in [-0.4, -0.2) is 20.8 Å². The lowest BCUT2D eigenvalue weighted by molar-refractivity contribution is -0.136. The molecule has 0 aliphatic heterocycles. The third-order valence-corrected chi connectivity index (χ3v) is 4.72. The standard InChI is InChI=1S/C20H15BrN2O3/c21-15-6-7-19-17(9-15)14(8-20(24)25)11-23(19)12-16-10-18(22-26-16)13-4-2-1-3-5-13/h1-7,9-11H,8,12H2,(H,24,25). The fourth-order valence-corrected chi connectivity index (χ4v) is 3.44. The van der Waals surface area contributed by atoms with Crippen LogP contribution in [0.4, 0.5) is 0 Å². The molecule has 4 aromatic rings. The molecule has 5 nitrogen and oxygen atoms in total. The van der Waals surface area contributed by atoms with E-state index in [1.165, 1.54) is 0 Å². The molecule has 2 aromatic carbocycles. The first-order valence-electron chi connectivity index (χ1n) is 8.10. The zero-order valence-corrected chi connectivity index (χ0v) is 15.3. The maximum absolute atomic E-state index is 11.2. The number of rotatable bonds is 5. The number of hydrogen-bond donors (Lipinski definition) is 1. The second kappa shape index (κ2) is 6.80. The smallest absolute Gasteiger partial charge is 0.307 e. The van der Waals surface area contributed by atoms with Crippen molar-refractivity contribution in [1.29, 1.82) is 0 Å². The van der Waals surface area contributed by atoms with Gasteiger partial charge in [0.1, 0.15) is 5.69 Å². The normalized spacial score (nSPS) is 11.1. The quantitative estimate of drug-likeness (QED) is 0.516. The van der Waals surface area contributed by atoms with Crippen molar-refractivity contribution in [3.8, 4) is 11.3 Å². The summed E-state index contributed by atoms with van der Waals surface area (Å²) in [6.45, 7) is 0.484. The van der Waals surface area contributed by atoms with Gasteiger partial charge in [-0.2, -0.15) is 0 Å². The Kier molecular flexibility index (Phi) is 4.34. The molecule has 0 spiro atoms. The summed E-state index contributed by atoms with van der Waals surface area (Å²) in [6, 6.07) is 17.6. The molecule has 1 N–H and O–H groups in total. The highest BCUT2D eigenvalue weighted by Crippen LogP contribution is 2.27. The minimum Gasteiger partial charge on any atom is -0.481 e. The van der Waals surface area contributed by atoms with Crippen LogP contribution in [0.15, 0.2) is 69.8 Å². The highest BCUT2D eigenvalue weighted by molar-refractivity contribution is 9.10. The number of nitrogens with zero attached hydrogens (tertiary/aromatic N) is 2. The van der Waals surface area contributed by atoms with E-state index in [4.69, 9.17) is 4.52 Å². The van der Waals surface area contributed by atoms with Gasteiger partial charge < -0.3 is 14.2 Å². The van der Waals surface area contributed by atoms with Crippen LogP contribution in [0, 0.1) is 0 Å². The molecule has 2 aromatic heterocycles. The second-order valence-corrected chi connectivity index (χ2v) is 6.97. The zero-order chi connectivity index (χ0) is 18.1. The van der Waals surface area contributed by atoms with Crippen LogP contribution in [0.2, 0.25) is 0 Å². The topological polar surface area (TPSA) is 68.3 Å². The Morgan fingerprint density at radius 3 is 2.73 bits per heavy atom. The van der Waals surface area contributed by atoms with E-state index in [2.05, 4.69) is 21.1 Å². The molecular weight excluding hydrogens is 396 g/mol. The molecule has 0 bridgehead atoms. The Morgan fingerprint density at radius 2 is 1.96 bits per heavy atom. The van der Waals surface area contributed by atoms with Gasteiger partial charge in [0.25, 0.3) is 0 Å². The Bertz CT molecular complexity index is 1080. The van der Waals surface area contributed by atoms with E-state index < -0.39 is 5.97 Å². The van der Waals surface area contributed by atoms with Crippen LogP contribution in [0.5, 0.6) is 0 Å². The predicted octanol–water partition coefficient (Wildman–Crippen LogP) is 4.73. The molecule has 0 aliphatic rings. The Morgan fingerprint density at radius 1 is 1.15 bits per heavy atom. The number of carboxylic acids is 1. The molecule has 2 heterocycles. The summed E-state index contributed by atoms with van der Waals surface area (Å²) in [4.78, 5) is 11.2. The Balaban J connectivity index is 1.69. The molecule has 0 amide bonds. The zero-order valence-electron chi connectivity index (χ0n) is 13.7. The molecule has 130 valence electrons. The summed E-state index contributed by atoms with van der Waals surface area (Å²) in [5.41, 5.74) is 3.51. The van der Waals surface area contributed by atoms with Crippen molar-refractivity contribution in [1.82, 2.24) is 9.72 Å². The molecule has 0 aliphatic carbocycles. The van der Waals surface area contributed by atoms with Crippen molar-refractivity contribution in [2.75, 3.05) is 0 Å². The number of benzene rings is 2. The van der Waals surface area contributed by atoms with Gasteiger partial charge in [-0.25, -0.2) is 0 Å². The molecule has 26 heavy (non-hydrogen) atoms. The fourth-order valence-electron chi connectivity index (χ4n) is 3.08. The number of aromatic nitrogens is 2. The molecule has 6 heteroatoms. The summed E-state index contributed by atoms with van der Waals surface area (Å²) >= 11 is 3.45. The van der Waals surface area contributed by atoms with Crippen molar-refractivity contribution >= 4 is 32.8 Å². The third kappa shape index (κ3) is 3.28. The molecule has 0 fully saturated rings. The maximum atomic E-state index is 11.2. The Hall–Kier alpha value is -2.86. The number of hydrogen-bond acceptors (Lipinski definition) is 3. The molecule has 4 rings (SSSR count). The third-order valence-electron chi connectivity index (χ3n) is 4.22. The van der Waals surface area contributed by atoms with E-state index in [1.807, 2.05) is 65.4 Å². The average molecular weight is 411 g/mol. The number of aliphatic carboxylic acids is 1. The predicted molar refractivity (Wildman–Crippen MR) is 102 cm³/mol. The molecular formula is C20H15BrN2O3. The number of carboxylic acid groups (broad SMARTS) is 1. The van der Waals surface area contributed by atoms with Crippen molar-refractivity contribution in [2.24, 2.45) is 0 Å². The van der Waals surface area contributed by atoms with Gasteiger partial charge in [-0.3, -0.25) is 4.79 Å². The Labute approximate surface area is 158 Å². The van der Waals surface area contributed by atoms with Crippen LogP contribution in [0.25, 0.3) is 22.2 Å². The highest BCUT2D eigenvalue weighted by atomic mass is 79.9. The SMILES string of the molecule is O=C(O)Cc1cn(Cc2cc(-c3ccccc3)no2)c2ccc(Br)cc12. The highest BCUT2D eigenvalue weighted by Gasteiger charge is 2.14. The van der Waals surface area contributed by atoms with Crippen molar-refractivity contribution in [2.45, 2.75) is 13.0 Å². The van der Waals surface area contributed by atoms with E-state index in [0.717, 1.165) is 32.2 Å². The lowest BCUT2D eigenvalue weighted by atomic mass is 10.1. The van der Waals surface area contributed by atoms with Crippen LogP contribution < -0.4 is 0 Å². The molecule has 0 saturated heterocycles. The van der Waals surface area contributed by atoms with Crippen LogP contribution in [-0.2, 0) is 17.8 Å². The first-order chi connectivity index (χ1) is 12.6.